The van der Waals surface area contributed by atoms with Gasteiger partial charge in [0.1, 0.15) is 11.8 Å². The van der Waals surface area contributed by atoms with Crippen molar-refractivity contribution >= 4 is 11.4 Å². The van der Waals surface area contributed by atoms with Gasteiger partial charge in [-0.3, -0.25) is 0 Å². The summed E-state index contributed by atoms with van der Waals surface area (Å²) in [5.74, 6) is 0.827. The molecule has 0 radical (unpaired) electrons. The van der Waals surface area contributed by atoms with Crippen LogP contribution in [0.5, 0.6) is 5.75 Å². The molecule has 0 saturated heterocycles. The predicted molar refractivity (Wildman–Crippen MR) is 76.9 cm³/mol. The summed E-state index contributed by atoms with van der Waals surface area (Å²) >= 11 is 0. The number of hydrogen-bond donors (Lipinski definition) is 1. The zero-order chi connectivity index (χ0) is 13.8. The molecule has 0 bridgehead atoms. The molecule has 0 fully saturated rings. The Labute approximate surface area is 113 Å². The molecule has 0 aliphatic rings. The van der Waals surface area contributed by atoms with Gasteiger partial charge in [-0.1, -0.05) is 12.1 Å². The van der Waals surface area contributed by atoms with E-state index in [4.69, 9.17) is 10.00 Å². The molecule has 0 atom stereocenters. The summed E-state index contributed by atoms with van der Waals surface area (Å²) in [5, 5.41) is 12.5. The first-order valence-electron chi connectivity index (χ1n) is 6.07. The lowest BCUT2D eigenvalue weighted by Crippen LogP contribution is -1.98. The van der Waals surface area contributed by atoms with Crippen LogP contribution in [0.3, 0.4) is 0 Å². The maximum absolute atomic E-state index is 9.16. The van der Waals surface area contributed by atoms with Gasteiger partial charge in [0.25, 0.3) is 0 Å². The van der Waals surface area contributed by atoms with Crippen LogP contribution in [0, 0.1) is 25.2 Å². The lowest BCUT2D eigenvalue weighted by Gasteiger charge is -2.14. The van der Waals surface area contributed by atoms with Crippen LogP contribution in [0.4, 0.5) is 11.4 Å². The SMILES string of the molecule is COc1ccc(Nc2c(C)cccc2C#N)c(C)c1. The fourth-order valence-corrected chi connectivity index (χ4v) is 1.96. The van der Waals surface area contributed by atoms with Gasteiger partial charge in [-0.15, -0.1) is 0 Å². The van der Waals surface area contributed by atoms with Crippen molar-refractivity contribution in [3.63, 3.8) is 0 Å². The highest BCUT2D eigenvalue weighted by atomic mass is 16.5. The lowest BCUT2D eigenvalue weighted by atomic mass is 10.1. The maximum Gasteiger partial charge on any atom is 0.119 e. The fourth-order valence-electron chi connectivity index (χ4n) is 1.96. The minimum absolute atomic E-state index is 0.648. The molecule has 3 heteroatoms. The third-order valence-corrected chi connectivity index (χ3v) is 3.09. The Morgan fingerprint density at radius 1 is 1.11 bits per heavy atom. The number of nitrogens with one attached hydrogen (secondary N) is 1. The minimum Gasteiger partial charge on any atom is -0.497 e. The number of para-hydroxylation sites is 1. The molecule has 0 saturated carbocycles. The van der Waals surface area contributed by atoms with Crippen LogP contribution in [0.1, 0.15) is 16.7 Å². The van der Waals surface area contributed by atoms with Crippen molar-refractivity contribution in [3.8, 4) is 11.8 Å². The van der Waals surface area contributed by atoms with E-state index in [1.54, 1.807) is 7.11 Å². The van der Waals surface area contributed by atoms with Crippen LogP contribution in [0.25, 0.3) is 0 Å². The van der Waals surface area contributed by atoms with Gasteiger partial charge in [-0.2, -0.15) is 5.26 Å². The molecule has 2 aromatic carbocycles. The number of aryl methyl sites for hydroxylation is 2. The molecule has 1 N–H and O–H groups in total. The molecule has 0 aromatic heterocycles. The third-order valence-electron chi connectivity index (χ3n) is 3.09. The third kappa shape index (κ3) is 2.69. The van der Waals surface area contributed by atoms with Crippen LogP contribution < -0.4 is 10.1 Å². The lowest BCUT2D eigenvalue weighted by molar-refractivity contribution is 0.414. The largest absolute Gasteiger partial charge is 0.497 e. The summed E-state index contributed by atoms with van der Waals surface area (Å²) in [5.41, 5.74) is 4.61. The number of nitriles is 1. The zero-order valence-corrected chi connectivity index (χ0v) is 11.3. The molecule has 0 spiro atoms. The topological polar surface area (TPSA) is 45.0 Å². The smallest absolute Gasteiger partial charge is 0.119 e. The first-order valence-corrected chi connectivity index (χ1v) is 6.07. The average molecular weight is 252 g/mol. The van der Waals surface area contributed by atoms with E-state index < -0.39 is 0 Å². The summed E-state index contributed by atoms with van der Waals surface area (Å²) in [4.78, 5) is 0. The second kappa shape index (κ2) is 5.45. The Balaban J connectivity index is 2.40. The molecule has 2 aromatic rings. The summed E-state index contributed by atoms with van der Waals surface area (Å²) in [7, 11) is 1.65. The summed E-state index contributed by atoms with van der Waals surface area (Å²) in [6.45, 7) is 4.00. The number of nitrogens with zero attached hydrogens (tertiary/aromatic N) is 1. The van der Waals surface area contributed by atoms with Gasteiger partial charge in [0, 0.05) is 5.69 Å². The van der Waals surface area contributed by atoms with E-state index in [0.29, 0.717) is 5.56 Å². The molecule has 0 aliphatic heterocycles. The van der Waals surface area contributed by atoms with E-state index in [2.05, 4.69) is 11.4 Å². The molecule has 0 aliphatic carbocycles. The van der Waals surface area contributed by atoms with Gasteiger partial charge in [0.05, 0.1) is 18.4 Å². The van der Waals surface area contributed by atoms with E-state index >= 15 is 0 Å². The van der Waals surface area contributed by atoms with E-state index in [1.807, 2.05) is 50.2 Å². The molecule has 0 unspecified atom stereocenters. The highest BCUT2D eigenvalue weighted by molar-refractivity contribution is 5.71. The molecule has 3 nitrogen and oxygen atoms in total. The van der Waals surface area contributed by atoms with Crippen LogP contribution >= 0.6 is 0 Å². The summed E-state index contributed by atoms with van der Waals surface area (Å²) in [6.07, 6.45) is 0. The first kappa shape index (κ1) is 13.0. The van der Waals surface area contributed by atoms with Crippen LogP contribution in [-0.4, -0.2) is 7.11 Å². The van der Waals surface area contributed by atoms with Crippen molar-refractivity contribution in [2.75, 3.05) is 12.4 Å². The number of hydrogen-bond acceptors (Lipinski definition) is 3. The molecule has 19 heavy (non-hydrogen) atoms. The van der Waals surface area contributed by atoms with Crippen LogP contribution in [-0.2, 0) is 0 Å². The second-order valence-electron chi connectivity index (χ2n) is 4.42. The normalized spacial score (nSPS) is 9.79. The minimum atomic E-state index is 0.648. The zero-order valence-electron chi connectivity index (χ0n) is 11.3. The number of methoxy groups -OCH3 is 1. The van der Waals surface area contributed by atoms with Crippen molar-refractivity contribution in [2.24, 2.45) is 0 Å². The van der Waals surface area contributed by atoms with Gasteiger partial charge in [0.15, 0.2) is 0 Å². The molecular weight excluding hydrogens is 236 g/mol. The fraction of sp³-hybridized carbons (Fsp3) is 0.188. The summed E-state index contributed by atoms with van der Waals surface area (Å²) < 4.78 is 5.19. The Morgan fingerprint density at radius 3 is 2.53 bits per heavy atom. The number of anilines is 2. The standard InChI is InChI=1S/C16H16N2O/c1-11-5-4-6-13(10-17)16(11)18-15-8-7-14(19-3)9-12(15)2/h4-9,18H,1-3H3. The highest BCUT2D eigenvalue weighted by Gasteiger charge is 2.07. The van der Waals surface area contributed by atoms with Crippen molar-refractivity contribution in [1.29, 1.82) is 5.26 Å². The molecule has 0 amide bonds. The van der Waals surface area contributed by atoms with Crippen molar-refractivity contribution in [1.82, 2.24) is 0 Å². The Bertz CT molecular complexity index is 642. The number of benzene rings is 2. The van der Waals surface area contributed by atoms with Gasteiger partial charge in [-0.25, -0.2) is 0 Å². The highest BCUT2D eigenvalue weighted by Crippen LogP contribution is 2.28. The summed E-state index contributed by atoms with van der Waals surface area (Å²) in [6, 6.07) is 13.7. The Morgan fingerprint density at radius 2 is 1.89 bits per heavy atom. The van der Waals surface area contributed by atoms with Crippen molar-refractivity contribution in [3.05, 3.63) is 53.1 Å². The molecular formula is C16H16N2O. The maximum atomic E-state index is 9.16. The predicted octanol–water partition coefficient (Wildman–Crippen LogP) is 3.93. The van der Waals surface area contributed by atoms with Crippen LogP contribution in [0.2, 0.25) is 0 Å². The quantitative estimate of drug-likeness (QED) is 0.900. The molecule has 2 rings (SSSR count). The van der Waals surface area contributed by atoms with E-state index in [0.717, 1.165) is 28.3 Å². The van der Waals surface area contributed by atoms with E-state index in [9.17, 15) is 0 Å². The first-order chi connectivity index (χ1) is 9.15. The van der Waals surface area contributed by atoms with Gasteiger partial charge < -0.3 is 10.1 Å². The monoisotopic (exact) mass is 252 g/mol. The van der Waals surface area contributed by atoms with E-state index in [-0.39, 0.29) is 0 Å². The van der Waals surface area contributed by atoms with Gasteiger partial charge in [-0.05, 0) is 49.2 Å². The number of rotatable bonds is 3. The molecule has 0 heterocycles. The molecule has 96 valence electrons. The van der Waals surface area contributed by atoms with E-state index in [1.165, 1.54) is 0 Å². The Hall–Kier alpha value is -2.47. The van der Waals surface area contributed by atoms with Gasteiger partial charge >= 0.3 is 0 Å². The van der Waals surface area contributed by atoms with Gasteiger partial charge in [0.2, 0.25) is 0 Å². The Kier molecular flexibility index (Phi) is 3.72. The van der Waals surface area contributed by atoms with Crippen LogP contribution in [0.15, 0.2) is 36.4 Å². The second-order valence-corrected chi connectivity index (χ2v) is 4.42. The van der Waals surface area contributed by atoms with Crippen molar-refractivity contribution in [2.45, 2.75) is 13.8 Å². The average Bonchev–Trinajstić information content (AvgIpc) is 2.42. The van der Waals surface area contributed by atoms with Crippen molar-refractivity contribution < 1.29 is 4.74 Å². The number of ether oxygens (including phenoxy) is 1.